The summed E-state index contributed by atoms with van der Waals surface area (Å²) in [5.74, 6) is -0.541. The summed E-state index contributed by atoms with van der Waals surface area (Å²) in [7, 11) is 0. The van der Waals surface area contributed by atoms with Crippen molar-refractivity contribution in [2.75, 3.05) is 26.3 Å². The van der Waals surface area contributed by atoms with E-state index >= 15 is 0 Å². The summed E-state index contributed by atoms with van der Waals surface area (Å²) in [6, 6.07) is 13.7. The van der Waals surface area contributed by atoms with Crippen molar-refractivity contribution in [1.82, 2.24) is 19.5 Å². The van der Waals surface area contributed by atoms with Gasteiger partial charge in [-0.25, -0.2) is 9.50 Å². The molecule has 1 spiro atoms. The number of hydrogen-bond acceptors (Lipinski definition) is 5. The lowest BCUT2D eigenvalue weighted by Crippen LogP contribution is -2.47. The largest absolute Gasteiger partial charge is 0.347 e. The van der Waals surface area contributed by atoms with Crippen molar-refractivity contribution >= 4 is 11.6 Å². The first-order valence-corrected chi connectivity index (χ1v) is 9.64. The molecule has 28 heavy (non-hydrogen) atoms. The molecule has 0 unspecified atom stereocenters. The Hall–Kier alpha value is -2.77. The molecule has 2 saturated heterocycles. The number of piperidine rings is 1. The van der Waals surface area contributed by atoms with Gasteiger partial charge >= 0.3 is 0 Å². The van der Waals surface area contributed by atoms with Gasteiger partial charge in [-0.2, -0.15) is 5.10 Å². The van der Waals surface area contributed by atoms with Crippen LogP contribution in [0.25, 0.3) is 16.9 Å². The Balaban J connectivity index is 1.40. The SMILES string of the molecule is Cc1cc(C(=O)N2CCC3(CC2)OCCO3)nc2cc(-c3ccccc3)nn12. The molecule has 0 saturated carbocycles. The van der Waals surface area contributed by atoms with Gasteiger partial charge in [0.15, 0.2) is 11.4 Å². The molecule has 0 bridgehead atoms. The molecular formula is C21H22N4O3. The van der Waals surface area contributed by atoms with Crippen molar-refractivity contribution in [3.63, 3.8) is 0 Å². The third-order valence-electron chi connectivity index (χ3n) is 5.52. The predicted octanol–water partition coefficient (Wildman–Crippen LogP) is 2.68. The molecular weight excluding hydrogens is 356 g/mol. The van der Waals surface area contributed by atoms with E-state index in [1.165, 1.54) is 0 Å². The van der Waals surface area contributed by atoms with E-state index < -0.39 is 5.79 Å². The Morgan fingerprint density at radius 3 is 2.50 bits per heavy atom. The highest BCUT2D eigenvalue weighted by Crippen LogP contribution is 2.31. The van der Waals surface area contributed by atoms with Crippen molar-refractivity contribution in [2.45, 2.75) is 25.6 Å². The highest BCUT2D eigenvalue weighted by atomic mass is 16.7. The Kier molecular flexibility index (Phi) is 4.14. The van der Waals surface area contributed by atoms with Gasteiger partial charge in [-0.3, -0.25) is 4.79 Å². The molecule has 7 heteroatoms. The first-order chi connectivity index (χ1) is 13.6. The number of hydrogen-bond donors (Lipinski definition) is 0. The van der Waals surface area contributed by atoms with E-state index in [-0.39, 0.29) is 5.91 Å². The van der Waals surface area contributed by atoms with Crippen molar-refractivity contribution in [3.8, 4) is 11.3 Å². The molecule has 0 radical (unpaired) electrons. The van der Waals surface area contributed by atoms with E-state index in [9.17, 15) is 4.79 Å². The number of amides is 1. The molecule has 1 amide bonds. The summed E-state index contributed by atoms with van der Waals surface area (Å²) < 4.78 is 13.3. The first-order valence-electron chi connectivity index (χ1n) is 9.64. The zero-order valence-corrected chi connectivity index (χ0v) is 15.8. The number of rotatable bonds is 2. The predicted molar refractivity (Wildman–Crippen MR) is 103 cm³/mol. The summed E-state index contributed by atoms with van der Waals surface area (Å²) in [6.45, 7) is 4.43. The fraction of sp³-hybridized carbons (Fsp3) is 0.381. The van der Waals surface area contributed by atoms with E-state index in [2.05, 4.69) is 10.1 Å². The molecule has 0 atom stereocenters. The number of carbonyl (C=O) groups is 1. The summed E-state index contributed by atoms with van der Waals surface area (Å²) in [5.41, 5.74) is 3.88. The first kappa shape index (κ1) is 17.3. The Morgan fingerprint density at radius 1 is 1.07 bits per heavy atom. The van der Waals surface area contributed by atoms with E-state index in [1.807, 2.05) is 54.3 Å². The van der Waals surface area contributed by atoms with Gasteiger partial charge in [-0.15, -0.1) is 0 Å². The molecule has 5 rings (SSSR count). The van der Waals surface area contributed by atoms with Gasteiger partial charge in [-0.05, 0) is 13.0 Å². The van der Waals surface area contributed by atoms with Crippen molar-refractivity contribution in [1.29, 1.82) is 0 Å². The number of nitrogens with zero attached hydrogens (tertiary/aromatic N) is 4. The summed E-state index contributed by atoms with van der Waals surface area (Å²) in [4.78, 5) is 19.5. The minimum atomic E-state index is -0.486. The summed E-state index contributed by atoms with van der Waals surface area (Å²) in [6.07, 6.45) is 1.40. The zero-order chi connectivity index (χ0) is 19.1. The molecule has 144 valence electrons. The van der Waals surface area contributed by atoms with E-state index in [0.717, 1.165) is 17.0 Å². The minimum Gasteiger partial charge on any atom is -0.347 e. The molecule has 1 aromatic carbocycles. The van der Waals surface area contributed by atoms with Crippen LogP contribution >= 0.6 is 0 Å². The molecule has 3 aromatic rings. The van der Waals surface area contributed by atoms with E-state index in [1.54, 1.807) is 4.52 Å². The van der Waals surface area contributed by atoms with Gasteiger partial charge in [0.2, 0.25) is 0 Å². The molecule has 7 nitrogen and oxygen atoms in total. The monoisotopic (exact) mass is 378 g/mol. The molecule has 2 aromatic heterocycles. The van der Waals surface area contributed by atoms with Crippen LogP contribution in [0.2, 0.25) is 0 Å². The number of likely N-dealkylation sites (tertiary alicyclic amines) is 1. The fourth-order valence-corrected chi connectivity index (χ4v) is 3.98. The van der Waals surface area contributed by atoms with Gasteiger partial charge in [0.25, 0.3) is 5.91 Å². The number of carbonyl (C=O) groups excluding carboxylic acids is 1. The number of fused-ring (bicyclic) bond motifs is 1. The zero-order valence-electron chi connectivity index (χ0n) is 15.8. The smallest absolute Gasteiger partial charge is 0.272 e. The number of aromatic nitrogens is 3. The quantitative estimate of drug-likeness (QED) is 0.686. The fourth-order valence-electron chi connectivity index (χ4n) is 3.98. The highest BCUT2D eigenvalue weighted by Gasteiger charge is 2.41. The standard InChI is InChI=1S/C21H22N4O3/c1-15-13-18(20(26)24-9-7-21(8-10-24)27-11-12-28-21)22-19-14-17(23-25(15)19)16-5-3-2-4-6-16/h2-6,13-14H,7-12H2,1H3. The number of ether oxygens (including phenoxy) is 2. The van der Waals surface area contributed by atoms with Crippen molar-refractivity contribution < 1.29 is 14.3 Å². The molecule has 0 N–H and O–H groups in total. The number of benzene rings is 1. The number of aryl methyl sites for hydroxylation is 1. The van der Waals surface area contributed by atoms with E-state index in [0.29, 0.717) is 50.5 Å². The third-order valence-corrected chi connectivity index (χ3v) is 5.52. The van der Waals surface area contributed by atoms with E-state index in [4.69, 9.17) is 9.47 Å². The second kappa shape index (κ2) is 6.68. The summed E-state index contributed by atoms with van der Waals surface area (Å²) >= 11 is 0. The van der Waals surface area contributed by atoms with Gasteiger partial charge in [0, 0.05) is 43.3 Å². The van der Waals surface area contributed by atoms with Crippen LogP contribution in [0.3, 0.4) is 0 Å². The van der Waals surface area contributed by atoms with Crippen molar-refractivity contribution in [2.24, 2.45) is 0 Å². The van der Waals surface area contributed by atoms with Crippen molar-refractivity contribution in [3.05, 3.63) is 53.9 Å². The molecule has 4 heterocycles. The Labute approximate surface area is 162 Å². The average Bonchev–Trinajstić information content (AvgIpc) is 3.36. The van der Waals surface area contributed by atoms with Gasteiger partial charge in [-0.1, -0.05) is 30.3 Å². The molecule has 2 aliphatic rings. The minimum absolute atomic E-state index is 0.0547. The molecule has 2 fully saturated rings. The third kappa shape index (κ3) is 2.96. The highest BCUT2D eigenvalue weighted by molar-refractivity contribution is 5.93. The van der Waals surface area contributed by atoms with Gasteiger partial charge in [0.05, 0.1) is 18.9 Å². The maximum absolute atomic E-state index is 13.0. The maximum atomic E-state index is 13.0. The lowest BCUT2D eigenvalue weighted by molar-refractivity contribution is -0.181. The lowest BCUT2D eigenvalue weighted by atomic mass is 10.0. The molecule has 0 aliphatic carbocycles. The van der Waals surface area contributed by atoms with Crippen LogP contribution in [0.15, 0.2) is 42.5 Å². The summed E-state index contributed by atoms with van der Waals surface area (Å²) in [5, 5.41) is 4.64. The topological polar surface area (TPSA) is 69.0 Å². The van der Waals surface area contributed by atoms with Crippen LogP contribution < -0.4 is 0 Å². The Morgan fingerprint density at radius 2 is 1.79 bits per heavy atom. The van der Waals surface area contributed by atoms with Crippen LogP contribution in [0.5, 0.6) is 0 Å². The van der Waals surface area contributed by atoms with Gasteiger partial charge < -0.3 is 14.4 Å². The van der Waals surface area contributed by atoms with Crippen LogP contribution in [0.4, 0.5) is 0 Å². The van der Waals surface area contributed by atoms with Crippen LogP contribution in [0.1, 0.15) is 29.0 Å². The maximum Gasteiger partial charge on any atom is 0.272 e. The second-order valence-corrected chi connectivity index (χ2v) is 7.35. The van der Waals surface area contributed by atoms with Crippen LogP contribution in [-0.4, -0.2) is 57.5 Å². The Bertz CT molecular complexity index is 1010. The second-order valence-electron chi connectivity index (χ2n) is 7.35. The molecule has 2 aliphatic heterocycles. The normalized spacial score (nSPS) is 18.8. The lowest BCUT2D eigenvalue weighted by Gasteiger charge is -2.37. The average molecular weight is 378 g/mol. The van der Waals surface area contributed by atoms with Crippen LogP contribution in [-0.2, 0) is 9.47 Å². The van der Waals surface area contributed by atoms with Crippen LogP contribution in [0, 0.1) is 6.92 Å². The van der Waals surface area contributed by atoms with Gasteiger partial charge in [0.1, 0.15) is 5.69 Å².